The van der Waals surface area contributed by atoms with Gasteiger partial charge in [0.25, 0.3) is 11.8 Å². The van der Waals surface area contributed by atoms with Crippen LogP contribution in [0.5, 0.6) is 0 Å². The Balaban J connectivity index is 0.000000174. The van der Waals surface area contributed by atoms with Gasteiger partial charge in [-0.3, -0.25) is 49.0 Å². The average molecular weight is 1630 g/mol. The number of amides is 10. The Bertz CT molecular complexity index is 4400. The number of carbonyl (C=O) groups is 7. The minimum absolute atomic E-state index is 0. The molecule has 3 saturated carbocycles. The van der Waals surface area contributed by atoms with Crippen molar-refractivity contribution in [1.29, 1.82) is 0 Å². The van der Waals surface area contributed by atoms with E-state index in [1.165, 1.54) is 29.1 Å². The van der Waals surface area contributed by atoms with Crippen molar-refractivity contribution in [2.24, 2.45) is 0 Å². The number of aromatic nitrogens is 6. The van der Waals surface area contributed by atoms with Crippen LogP contribution in [0, 0.1) is 0 Å². The molecule has 0 atom stereocenters. The van der Waals surface area contributed by atoms with Gasteiger partial charge in [-0.1, -0.05) is 91.0 Å². The van der Waals surface area contributed by atoms with E-state index >= 15 is 0 Å². The second kappa shape index (κ2) is 38.3. The monoisotopic (exact) mass is 1630 g/mol. The summed E-state index contributed by atoms with van der Waals surface area (Å²) >= 11 is 0. The van der Waals surface area contributed by atoms with E-state index in [0.717, 1.165) is 116 Å². The number of ether oxygens (including phenoxy) is 2. The van der Waals surface area contributed by atoms with Gasteiger partial charge in [-0.05, 0) is 185 Å². The van der Waals surface area contributed by atoms with Crippen LogP contribution in [0.1, 0.15) is 162 Å². The molecule has 0 unspecified atom stereocenters. The minimum atomic E-state index is -0.568. The number of anilines is 3. The van der Waals surface area contributed by atoms with Crippen LogP contribution in [0.3, 0.4) is 0 Å². The van der Waals surface area contributed by atoms with Crippen LogP contribution in [-0.2, 0) is 30.9 Å². The van der Waals surface area contributed by atoms with Crippen molar-refractivity contribution in [3.05, 3.63) is 162 Å². The fourth-order valence-electron chi connectivity index (χ4n) is 17.8. The molecule has 3 spiro atoms. The zero-order valence-electron chi connectivity index (χ0n) is 71.8. The molecule has 9 aliphatic rings. The number of hydrogen-bond acceptors (Lipinski definition) is 22. The quantitative estimate of drug-likeness (QED) is 0.0865. The first-order valence-electron chi connectivity index (χ1n) is 41.0. The van der Waals surface area contributed by atoms with Gasteiger partial charge in [0, 0.05) is 101 Å². The number of urea groups is 3. The molecule has 6 aromatic rings. The van der Waals surface area contributed by atoms with E-state index in [-0.39, 0.29) is 123 Å². The molecular formula is C86H119LiN21O11-. The van der Waals surface area contributed by atoms with Crippen LogP contribution in [0.4, 0.5) is 41.0 Å². The zero-order chi connectivity index (χ0) is 83.7. The Morgan fingerprint density at radius 3 is 0.950 bits per heavy atom. The summed E-state index contributed by atoms with van der Waals surface area (Å²) in [6, 6.07) is 31.4. The molecule has 3 aliphatic carbocycles. The van der Waals surface area contributed by atoms with Crippen LogP contribution in [0.25, 0.3) is 0 Å². The number of piperazine rings is 3. The summed E-state index contributed by atoms with van der Waals surface area (Å²) in [4.78, 5) is 145. The second-order valence-corrected chi connectivity index (χ2v) is 35.2. The number of benzene rings is 3. The molecule has 32 nitrogen and oxygen atoms in total. The van der Waals surface area contributed by atoms with Gasteiger partial charge in [0.05, 0.1) is 90.5 Å². The van der Waals surface area contributed by atoms with E-state index in [1.807, 2.05) is 53.7 Å². The maximum absolute atomic E-state index is 13.1. The minimum Gasteiger partial charge on any atom is -0.870 e. The fraction of sp³-hybridized carbons (Fsp3) is 0.558. The molecule has 119 heavy (non-hydrogen) atoms. The summed E-state index contributed by atoms with van der Waals surface area (Å²) in [6.07, 6.45) is 21.4. The number of likely N-dealkylation sites (N-methyl/N-ethyl adjacent to an activating group) is 1. The number of nitrogens with one attached hydrogen (secondary N) is 4. The predicted molar refractivity (Wildman–Crippen MR) is 447 cm³/mol. The summed E-state index contributed by atoms with van der Waals surface area (Å²) < 4.78 is 10.7. The van der Waals surface area contributed by atoms with Crippen molar-refractivity contribution >= 4 is 65.4 Å². The van der Waals surface area contributed by atoms with Crippen LogP contribution < -0.4 is 54.8 Å². The van der Waals surface area contributed by atoms with E-state index in [1.54, 1.807) is 65.4 Å². The molecule has 0 bridgehead atoms. The van der Waals surface area contributed by atoms with Gasteiger partial charge < -0.3 is 65.5 Å². The summed E-state index contributed by atoms with van der Waals surface area (Å²) in [5, 5.41) is 13.0. The summed E-state index contributed by atoms with van der Waals surface area (Å²) in [5.74, 6) is -0.213. The Morgan fingerprint density at radius 2 is 0.672 bits per heavy atom. The topological polar surface area (TPSA) is 346 Å². The van der Waals surface area contributed by atoms with Gasteiger partial charge in [0.15, 0.2) is 0 Å². The molecular weight excluding hydrogens is 1510 g/mol. The smallest absolute Gasteiger partial charge is 0.870 e. The fourth-order valence-corrected chi connectivity index (χ4v) is 17.8. The van der Waals surface area contributed by atoms with Gasteiger partial charge in [-0.25, -0.2) is 43.9 Å². The SMILES string of the molecule is CN(C)C1(c2ccccc2)CCC2(CC1)CN(c1cnc(C(=O)N3CCN(C(=O)OC(C)(C)C)CC3)nc1)C(=O)N2.CN(C)C1(c2ccccc2)CCC2(CC1)CN(c1cnc(C(=O)N3CCNCC3)nc1)C(=O)N2.CN(C)C1(c2ccccc2)CCC2(CC1)CN(c1cnc([C-]=O)nc1)C(=O)N2.CN1CCN(C(=O)OC(C)(C)C)CC1.[Li+].[OH-]. The Kier molecular flexibility index (Phi) is 29.5. The van der Waals surface area contributed by atoms with Crippen LogP contribution >= 0.6 is 0 Å². The first-order valence-corrected chi connectivity index (χ1v) is 41.0. The molecule has 0 radical (unpaired) electrons. The van der Waals surface area contributed by atoms with Gasteiger partial charge in [0.2, 0.25) is 11.6 Å². The predicted octanol–water partition coefficient (Wildman–Crippen LogP) is 5.52. The molecule has 15 rings (SSSR count). The van der Waals surface area contributed by atoms with Gasteiger partial charge in [-0.2, -0.15) is 6.29 Å². The maximum atomic E-state index is 13.1. The molecule has 636 valence electrons. The molecule has 6 aliphatic heterocycles. The zero-order valence-corrected chi connectivity index (χ0v) is 71.8. The largest absolute Gasteiger partial charge is 1.00 e. The average Bonchev–Trinajstić information content (AvgIpc) is 1.68. The van der Waals surface area contributed by atoms with Gasteiger partial charge in [-0.15, -0.1) is 0 Å². The normalized spacial score (nSPS) is 25.1. The third-order valence-corrected chi connectivity index (χ3v) is 24.9. The van der Waals surface area contributed by atoms with Crippen molar-refractivity contribution < 1.29 is 72.2 Å². The molecule has 9 heterocycles. The molecule has 9 fully saturated rings. The van der Waals surface area contributed by atoms with Crippen LogP contribution in [0.2, 0.25) is 0 Å². The summed E-state index contributed by atoms with van der Waals surface area (Å²) in [6.45, 7) is 20.6. The van der Waals surface area contributed by atoms with Crippen molar-refractivity contribution in [3.63, 3.8) is 0 Å². The van der Waals surface area contributed by atoms with E-state index < -0.39 is 5.60 Å². The number of carbonyl (C=O) groups excluding carboxylic acids is 8. The van der Waals surface area contributed by atoms with Crippen molar-refractivity contribution in [2.75, 3.05) is 162 Å². The molecule has 6 saturated heterocycles. The molecule has 33 heteroatoms. The molecule has 3 aromatic carbocycles. The number of nitrogens with zero attached hydrogens (tertiary/aromatic N) is 17. The summed E-state index contributed by atoms with van der Waals surface area (Å²) in [7, 11) is 14.9. The van der Waals surface area contributed by atoms with Crippen molar-refractivity contribution in [2.45, 2.75) is 163 Å². The van der Waals surface area contributed by atoms with Gasteiger partial charge >= 0.3 is 49.1 Å². The second-order valence-electron chi connectivity index (χ2n) is 35.2. The Morgan fingerprint density at radius 1 is 0.403 bits per heavy atom. The van der Waals surface area contributed by atoms with Crippen LogP contribution in [-0.4, -0.2) is 298 Å². The standard InChI is InChI=1S/C30H41N7O4.C25H33N7O2.C21H24N5O2.C10H20N2O2.Li.H2O/c1-28(2,3)41-27(40)36-17-15-35(16-18-36)25(38)24-31-19-23(20-32-24)37-21-29(33-26(37)39)11-13-30(14-12-29,34(4)5)22-9-7-6-8-10-22;1-30(2)25(19-6-4-3-5-7-19)10-8-24(9-11-25)18-32(23(34)29-24)20-16-27-21(28-17-20)22(33)31-14-12-26-13-15-31;1-25(2)21(16-6-4-3-5-7-16)10-8-20(9-11-21)15-26(19(28)24-20)17-12-22-18(14-27)23-13-17;1-10(2,3)14-9(13)12-7-5-11(4)6-8-12;;/h6-10,19-20H,11-18,21H2,1-5H3,(H,33,39);3-7,16-17,26H,8-15,18H2,1-2H3,(H,29,34);3-7,12-13H,8-11,15H2,1-2H3,(H,24,28);5-8H2,1-4H3;;1H2/q;;-1;;+1;/p-1. The number of rotatable bonds is 12. The van der Waals surface area contributed by atoms with E-state index in [0.29, 0.717) is 76.0 Å². The molecule has 10 amide bonds. The molecule has 3 aromatic heterocycles. The van der Waals surface area contributed by atoms with Crippen molar-refractivity contribution in [3.8, 4) is 0 Å². The van der Waals surface area contributed by atoms with Crippen molar-refractivity contribution in [1.82, 2.24) is 90.4 Å². The molecule has 5 N–H and O–H groups in total. The first-order chi connectivity index (χ1) is 55.7. The van der Waals surface area contributed by atoms with Gasteiger partial charge in [0.1, 0.15) is 11.2 Å². The third-order valence-electron chi connectivity index (χ3n) is 24.9. The Labute approximate surface area is 711 Å². The van der Waals surface area contributed by atoms with E-state index in [4.69, 9.17) is 9.47 Å². The number of hydrogen-bond donors (Lipinski definition) is 4. The maximum Gasteiger partial charge on any atom is 1.00 e. The third kappa shape index (κ3) is 21.2. The first kappa shape index (κ1) is 91.5. The Hall–Kier alpha value is -9.78. The van der Waals surface area contributed by atoms with E-state index in [9.17, 15) is 38.4 Å². The van der Waals surface area contributed by atoms with E-state index in [2.05, 4.69) is 199 Å². The summed E-state index contributed by atoms with van der Waals surface area (Å²) in [5.41, 5.74) is 3.86. The van der Waals surface area contributed by atoms with Crippen LogP contribution in [0.15, 0.2) is 128 Å².